The van der Waals surface area contributed by atoms with Crippen LogP contribution < -0.4 is 0 Å². The van der Waals surface area contributed by atoms with E-state index >= 15 is 0 Å². The maximum absolute atomic E-state index is 6.05. The molecular formula is C18H20O. The molecule has 19 heavy (non-hydrogen) atoms. The van der Waals surface area contributed by atoms with Crippen LogP contribution in [-0.4, -0.2) is 12.7 Å². The lowest BCUT2D eigenvalue weighted by Crippen LogP contribution is -2.27. The summed E-state index contributed by atoms with van der Waals surface area (Å²) in [6, 6.07) is 21.5. The summed E-state index contributed by atoms with van der Waals surface area (Å²) in [4.78, 5) is 0. The van der Waals surface area contributed by atoms with Crippen LogP contribution in [0.25, 0.3) is 0 Å². The van der Waals surface area contributed by atoms with Crippen molar-refractivity contribution in [2.75, 3.05) is 6.61 Å². The van der Waals surface area contributed by atoms with E-state index in [9.17, 15) is 0 Å². The number of hydrogen-bond donors (Lipinski definition) is 0. The zero-order valence-electron chi connectivity index (χ0n) is 11.2. The van der Waals surface area contributed by atoms with Crippen LogP contribution in [0.4, 0.5) is 0 Å². The second-order valence-electron chi connectivity index (χ2n) is 5.20. The highest BCUT2D eigenvalue weighted by atomic mass is 16.5. The van der Waals surface area contributed by atoms with E-state index in [4.69, 9.17) is 4.74 Å². The quantitative estimate of drug-likeness (QED) is 0.787. The third-order valence-electron chi connectivity index (χ3n) is 3.90. The molecule has 0 amide bonds. The first-order chi connectivity index (χ1) is 9.45. The van der Waals surface area contributed by atoms with E-state index in [1.54, 1.807) is 0 Å². The smallest absolute Gasteiger partial charge is 0.0684 e. The van der Waals surface area contributed by atoms with Gasteiger partial charge < -0.3 is 4.74 Å². The molecule has 1 heterocycles. The Morgan fingerprint density at radius 3 is 1.84 bits per heavy atom. The Balaban J connectivity index is 1.96. The fraction of sp³-hybridized carbons (Fsp3) is 0.333. The first kappa shape index (κ1) is 12.4. The van der Waals surface area contributed by atoms with Gasteiger partial charge in [-0.15, -0.1) is 0 Å². The Kier molecular flexibility index (Phi) is 3.95. The number of ether oxygens (including phenoxy) is 1. The lowest BCUT2D eigenvalue weighted by Gasteiger charge is -2.31. The van der Waals surface area contributed by atoms with Crippen molar-refractivity contribution in [3.63, 3.8) is 0 Å². The molecule has 1 atom stereocenters. The summed E-state index contributed by atoms with van der Waals surface area (Å²) in [6.45, 7) is 0.904. The van der Waals surface area contributed by atoms with Crippen molar-refractivity contribution in [1.82, 2.24) is 0 Å². The molecule has 0 saturated carbocycles. The average Bonchev–Trinajstić information content (AvgIpc) is 2.51. The first-order valence-corrected chi connectivity index (χ1v) is 7.16. The highest BCUT2D eigenvalue weighted by Gasteiger charge is 2.27. The summed E-state index contributed by atoms with van der Waals surface area (Å²) >= 11 is 0. The molecule has 0 bridgehead atoms. The van der Waals surface area contributed by atoms with E-state index < -0.39 is 0 Å². The van der Waals surface area contributed by atoms with Gasteiger partial charge in [-0.05, 0) is 30.4 Å². The van der Waals surface area contributed by atoms with Gasteiger partial charge >= 0.3 is 0 Å². The van der Waals surface area contributed by atoms with Gasteiger partial charge in [-0.1, -0.05) is 60.7 Å². The Hall–Kier alpha value is -1.60. The number of benzene rings is 2. The molecule has 1 nitrogen and oxygen atoms in total. The third kappa shape index (κ3) is 2.87. The molecule has 1 heteroatoms. The largest absolute Gasteiger partial charge is 0.377 e. The monoisotopic (exact) mass is 252 g/mol. The van der Waals surface area contributed by atoms with Crippen LogP contribution in [0.5, 0.6) is 0 Å². The van der Waals surface area contributed by atoms with Crippen molar-refractivity contribution >= 4 is 0 Å². The predicted molar refractivity (Wildman–Crippen MR) is 78.3 cm³/mol. The molecule has 2 aromatic rings. The van der Waals surface area contributed by atoms with Crippen LogP contribution in [0.2, 0.25) is 0 Å². The van der Waals surface area contributed by atoms with Crippen molar-refractivity contribution in [1.29, 1.82) is 0 Å². The van der Waals surface area contributed by atoms with Gasteiger partial charge in [-0.2, -0.15) is 0 Å². The molecule has 0 aromatic heterocycles. The maximum Gasteiger partial charge on any atom is 0.0684 e. The average molecular weight is 252 g/mol. The zero-order chi connectivity index (χ0) is 12.9. The van der Waals surface area contributed by atoms with E-state index in [1.807, 2.05) is 0 Å². The van der Waals surface area contributed by atoms with Crippen LogP contribution in [0, 0.1) is 0 Å². The van der Waals surface area contributed by atoms with Gasteiger partial charge in [0.05, 0.1) is 6.10 Å². The van der Waals surface area contributed by atoms with Crippen LogP contribution in [0.3, 0.4) is 0 Å². The Morgan fingerprint density at radius 1 is 0.789 bits per heavy atom. The molecule has 1 saturated heterocycles. The molecule has 1 fully saturated rings. The van der Waals surface area contributed by atoms with E-state index in [0.717, 1.165) is 13.0 Å². The minimum Gasteiger partial charge on any atom is -0.377 e. The van der Waals surface area contributed by atoms with E-state index in [1.165, 1.54) is 24.0 Å². The Labute approximate surface area is 115 Å². The highest BCUT2D eigenvalue weighted by molar-refractivity contribution is 5.33. The van der Waals surface area contributed by atoms with Gasteiger partial charge in [-0.3, -0.25) is 0 Å². The van der Waals surface area contributed by atoms with Crippen LogP contribution in [0.15, 0.2) is 60.7 Å². The minimum atomic E-state index is 0.318. The van der Waals surface area contributed by atoms with E-state index in [-0.39, 0.29) is 0 Å². The molecule has 1 unspecified atom stereocenters. The normalized spacial score (nSPS) is 19.5. The van der Waals surface area contributed by atoms with E-state index in [0.29, 0.717) is 12.0 Å². The highest BCUT2D eigenvalue weighted by Crippen LogP contribution is 2.33. The van der Waals surface area contributed by atoms with Crippen molar-refractivity contribution in [2.24, 2.45) is 0 Å². The standard InChI is InChI=1S/C18H20O/c1-3-9-15(10-4-1)18(16-11-5-2-6-12-16)17-13-7-8-14-19-17/h1-6,9-12,17-18H,7-8,13-14H2. The van der Waals surface area contributed by atoms with Gasteiger partial charge in [0.25, 0.3) is 0 Å². The summed E-state index contributed by atoms with van der Waals surface area (Å²) in [7, 11) is 0. The van der Waals surface area contributed by atoms with Crippen LogP contribution in [0.1, 0.15) is 36.3 Å². The fourth-order valence-electron chi connectivity index (χ4n) is 2.97. The topological polar surface area (TPSA) is 9.23 Å². The van der Waals surface area contributed by atoms with E-state index in [2.05, 4.69) is 60.7 Å². The molecule has 1 aliphatic heterocycles. The molecule has 3 rings (SSSR count). The van der Waals surface area contributed by atoms with Gasteiger partial charge in [0, 0.05) is 12.5 Å². The molecule has 98 valence electrons. The Bertz CT molecular complexity index is 446. The summed E-state index contributed by atoms with van der Waals surface area (Å²) in [5.74, 6) is 0.364. The maximum atomic E-state index is 6.05. The second-order valence-corrected chi connectivity index (χ2v) is 5.20. The molecule has 0 N–H and O–H groups in total. The lowest BCUT2D eigenvalue weighted by molar-refractivity contribution is 0.00638. The molecule has 0 radical (unpaired) electrons. The Morgan fingerprint density at radius 2 is 1.37 bits per heavy atom. The van der Waals surface area contributed by atoms with Gasteiger partial charge in [0.2, 0.25) is 0 Å². The van der Waals surface area contributed by atoms with Crippen molar-refractivity contribution < 1.29 is 4.74 Å². The summed E-state index contributed by atoms with van der Waals surface area (Å²) in [6.07, 6.45) is 3.96. The first-order valence-electron chi connectivity index (χ1n) is 7.16. The molecule has 1 aliphatic rings. The van der Waals surface area contributed by atoms with Crippen LogP contribution >= 0.6 is 0 Å². The number of rotatable bonds is 3. The van der Waals surface area contributed by atoms with Crippen molar-refractivity contribution in [3.8, 4) is 0 Å². The molecular weight excluding hydrogens is 232 g/mol. The van der Waals surface area contributed by atoms with Gasteiger partial charge in [0.15, 0.2) is 0 Å². The molecule has 0 spiro atoms. The fourth-order valence-corrected chi connectivity index (χ4v) is 2.97. The number of hydrogen-bond acceptors (Lipinski definition) is 1. The molecule has 0 aliphatic carbocycles. The zero-order valence-corrected chi connectivity index (χ0v) is 11.2. The lowest BCUT2D eigenvalue weighted by atomic mass is 9.84. The second kappa shape index (κ2) is 6.03. The van der Waals surface area contributed by atoms with Crippen LogP contribution in [-0.2, 0) is 4.74 Å². The van der Waals surface area contributed by atoms with Gasteiger partial charge in [0.1, 0.15) is 0 Å². The summed E-state index contributed by atoms with van der Waals surface area (Å²) in [5.41, 5.74) is 2.72. The minimum absolute atomic E-state index is 0.318. The molecule has 2 aromatic carbocycles. The SMILES string of the molecule is c1ccc(C(c2ccccc2)C2CCCCO2)cc1. The summed E-state index contributed by atoms with van der Waals surface area (Å²) < 4.78 is 6.05. The van der Waals surface area contributed by atoms with Gasteiger partial charge in [-0.25, -0.2) is 0 Å². The van der Waals surface area contributed by atoms with Crippen molar-refractivity contribution in [3.05, 3.63) is 71.8 Å². The third-order valence-corrected chi connectivity index (χ3v) is 3.90. The van der Waals surface area contributed by atoms with Crippen molar-refractivity contribution in [2.45, 2.75) is 31.3 Å². The summed E-state index contributed by atoms with van der Waals surface area (Å²) in [5, 5.41) is 0. The predicted octanol–water partition coefficient (Wildman–Crippen LogP) is 4.39.